The van der Waals surface area contributed by atoms with Crippen LogP contribution in [-0.2, 0) is 17.7 Å². The second-order valence-corrected chi connectivity index (χ2v) is 8.58. The molecular formula is C25H24N6O3. The lowest BCUT2D eigenvalue weighted by molar-refractivity contribution is 0.0342. The fourth-order valence-electron chi connectivity index (χ4n) is 4.49. The van der Waals surface area contributed by atoms with Crippen LogP contribution >= 0.6 is 0 Å². The molecule has 9 nitrogen and oxygen atoms in total. The van der Waals surface area contributed by atoms with E-state index in [9.17, 15) is 4.79 Å². The second-order valence-electron chi connectivity index (χ2n) is 8.58. The van der Waals surface area contributed by atoms with Crippen LogP contribution in [0.3, 0.4) is 0 Å². The molecule has 3 aromatic heterocycles. The molecule has 0 saturated carbocycles. The van der Waals surface area contributed by atoms with Crippen LogP contribution in [0.5, 0.6) is 0 Å². The molecule has 2 aromatic carbocycles. The average Bonchev–Trinajstić information content (AvgIpc) is 3.56. The smallest absolute Gasteiger partial charge is 0.192 e. The number of nitrogens with one attached hydrogen (secondary N) is 2. The Morgan fingerprint density at radius 3 is 2.88 bits per heavy atom. The van der Waals surface area contributed by atoms with Gasteiger partial charge in [0, 0.05) is 38.5 Å². The molecule has 1 saturated heterocycles. The molecule has 1 aliphatic rings. The van der Waals surface area contributed by atoms with Crippen LogP contribution in [-0.4, -0.2) is 62.1 Å². The number of hydrogen-bond acceptors (Lipinski definition) is 7. The van der Waals surface area contributed by atoms with E-state index >= 15 is 0 Å². The Morgan fingerprint density at radius 1 is 1.12 bits per heavy atom. The van der Waals surface area contributed by atoms with Gasteiger partial charge in [-0.15, -0.1) is 0 Å². The molecule has 1 aliphatic heterocycles. The molecule has 0 spiro atoms. The highest BCUT2D eigenvalue weighted by molar-refractivity contribution is 6.06. The number of aromatic nitrogens is 5. The van der Waals surface area contributed by atoms with Crippen LogP contribution in [0, 0.1) is 6.92 Å². The van der Waals surface area contributed by atoms with Crippen molar-refractivity contribution >= 4 is 27.9 Å². The molecule has 34 heavy (non-hydrogen) atoms. The number of morpholine rings is 1. The zero-order valence-corrected chi connectivity index (χ0v) is 18.8. The van der Waals surface area contributed by atoms with Crippen molar-refractivity contribution in [2.24, 2.45) is 0 Å². The number of carbonyl (C=O) groups is 1. The summed E-state index contributed by atoms with van der Waals surface area (Å²) in [5.41, 5.74) is 6.24. The van der Waals surface area contributed by atoms with Crippen LogP contribution in [0.2, 0.25) is 0 Å². The van der Waals surface area contributed by atoms with Gasteiger partial charge >= 0.3 is 0 Å². The van der Waals surface area contributed by atoms with E-state index in [4.69, 9.17) is 14.1 Å². The van der Waals surface area contributed by atoms with E-state index in [0.717, 1.165) is 49.4 Å². The van der Waals surface area contributed by atoms with Crippen LogP contribution in [0.1, 0.15) is 27.4 Å². The van der Waals surface area contributed by atoms with Crippen LogP contribution in [0.4, 0.5) is 0 Å². The number of hydrogen-bond donors (Lipinski definition) is 2. The van der Waals surface area contributed by atoms with E-state index in [0.29, 0.717) is 34.1 Å². The summed E-state index contributed by atoms with van der Waals surface area (Å²) < 4.78 is 11.1. The van der Waals surface area contributed by atoms with Gasteiger partial charge in [-0.3, -0.25) is 14.8 Å². The van der Waals surface area contributed by atoms with Gasteiger partial charge in [-0.25, -0.2) is 9.97 Å². The summed E-state index contributed by atoms with van der Waals surface area (Å²) in [5.74, 6) is 1.13. The highest BCUT2D eigenvalue weighted by atomic mass is 16.5. The average molecular weight is 457 g/mol. The minimum absolute atomic E-state index is 0.0618. The minimum Gasteiger partial charge on any atom is -0.440 e. The molecule has 0 atom stereocenters. The number of fused-ring (bicyclic) bond motifs is 2. The van der Waals surface area contributed by atoms with Crippen LogP contribution in [0.25, 0.3) is 33.7 Å². The highest BCUT2D eigenvalue weighted by Gasteiger charge is 2.20. The van der Waals surface area contributed by atoms with E-state index < -0.39 is 0 Å². The Hall–Kier alpha value is -3.82. The fourth-order valence-corrected chi connectivity index (χ4v) is 4.49. The first kappa shape index (κ1) is 20.8. The molecule has 1 fully saturated rings. The molecule has 5 aromatic rings. The van der Waals surface area contributed by atoms with Crippen LogP contribution in [0.15, 0.2) is 47.0 Å². The number of ether oxygens (including phenoxy) is 1. The maximum absolute atomic E-state index is 13.2. The van der Waals surface area contributed by atoms with Gasteiger partial charge in [-0.05, 0) is 29.8 Å². The van der Waals surface area contributed by atoms with E-state index in [-0.39, 0.29) is 12.2 Å². The predicted octanol–water partition coefficient (Wildman–Crippen LogP) is 3.66. The Bertz CT molecular complexity index is 1490. The standard InChI is InChI=1S/C25H24N6O3/c1-15-27-20-4-2-3-18(24(20)34-15)22(32)12-17-13-26-30-23(17)25-28-19-6-5-16(11-21(19)29-25)14-31-7-9-33-10-8-31/h2-6,11,13H,7-10,12,14H2,1H3,(H,26,30)(H,28,29). The quantitative estimate of drug-likeness (QED) is 0.375. The number of aryl methyl sites for hydroxylation is 1. The van der Waals surface area contributed by atoms with Crippen molar-refractivity contribution in [1.82, 2.24) is 30.0 Å². The number of H-pyrrole nitrogens is 2. The summed E-state index contributed by atoms with van der Waals surface area (Å²) in [6, 6.07) is 11.7. The first-order valence-corrected chi connectivity index (χ1v) is 11.3. The minimum atomic E-state index is -0.0618. The number of carbonyl (C=O) groups excluding carboxylic acids is 1. The SMILES string of the molecule is Cc1nc2cccc(C(=O)Cc3cn[nH]c3-c3nc4ccc(CN5CCOCC5)cc4[nH]3)c2o1. The number of rotatable bonds is 6. The lowest BCUT2D eigenvalue weighted by Crippen LogP contribution is -2.35. The summed E-state index contributed by atoms with van der Waals surface area (Å²) in [6.45, 7) is 6.10. The van der Waals surface area contributed by atoms with Crippen molar-refractivity contribution in [3.05, 3.63) is 65.2 Å². The lowest BCUT2D eigenvalue weighted by Gasteiger charge is -2.26. The number of imidazole rings is 1. The number of Topliss-reactive ketones (excluding diaryl/α,β-unsaturated/α-hetero) is 1. The van der Waals surface area contributed by atoms with Crippen molar-refractivity contribution in [2.75, 3.05) is 26.3 Å². The van der Waals surface area contributed by atoms with E-state index in [1.165, 1.54) is 5.56 Å². The molecule has 4 heterocycles. The van der Waals surface area contributed by atoms with Gasteiger partial charge < -0.3 is 14.1 Å². The summed E-state index contributed by atoms with van der Waals surface area (Å²) >= 11 is 0. The summed E-state index contributed by atoms with van der Waals surface area (Å²) in [4.78, 5) is 28.0. The topological polar surface area (TPSA) is 113 Å². The third-order valence-corrected chi connectivity index (χ3v) is 6.18. The summed E-state index contributed by atoms with van der Waals surface area (Å²) in [6.07, 6.45) is 1.85. The van der Waals surface area contributed by atoms with Gasteiger partial charge in [-0.1, -0.05) is 12.1 Å². The largest absolute Gasteiger partial charge is 0.440 e. The van der Waals surface area contributed by atoms with Gasteiger partial charge in [0.25, 0.3) is 0 Å². The third kappa shape index (κ3) is 3.89. The van der Waals surface area contributed by atoms with E-state index in [2.05, 4.69) is 37.2 Å². The van der Waals surface area contributed by atoms with Gasteiger partial charge in [0.05, 0.1) is 36.0 Å². The summed E-state index contributed by atoms with van der Waals surface area (Å²) in [5, 5.41) is 7.19. The third-order valence-electron chi connectivity index (χ3n) is 6.18. The highest BCUT2D eigenvalue weighted by Crippen LogP contribution is 2.26. The molecular weight excluding hydrogens is 432 g/mol. The zero-order valence-electron chi connectivity index (χ0n) is 18.8. The van der Waals surface area contributed by atoms with Crippen molar-refractivity contribution in [3.63, 3.8) is 0 Å². The van der Waals surface area contributed by atoms with E-state index in [1.807, 2.05) is 18.2 Å². The number of oxazole rings is 1. The Morgan fingerprint density at radius 2 is 2.00 bits per heavy atom. The first-order chi connectivity index (χ1) is 16.6. The molecule has 2 N–H and O–H groups in total. The van der Waals surface area contributed by atoms with Crippen molar-refractivity contribution in [2.45, 2.75) is 19.9 Å². The molecule has 172 valence electrons. The predicted molar refractivity (Wildman–Crippen MR) is 127 cm³/mol. The zero-order chi connectivity index (χ0) is 23.1. The number of nitrogens with zero attached hydrogens (tertiary/aromatic N) is 4. The molecule has 0 amide bonds. The van der Waals surface area contributed by atoms with Crippen molar-refractivity contribution in [1.29, 1.82) is 0 Å². The molecule has 0 radical (unpaired) electrons. The number of para-hydroxylation sites is 1. The normalized spacial score (nSPS) is 14.9. The maximum Gasteiger partial charge on any atom is 0.192 e. The fraction of sp³-hybridized carbons (Fsp3) is 0.280. The molecule has 0 unspecified atom stereocenters. The van der Waals surface area contributed by atoms with Gasteiger partial charge in [0.1, 0.15) is 11.2 Å². The second kappa shape index (κ2) is 8.51. The molecule has 0 aliphatic carbocycles. The summed E-state index contributed by atoms with van der Waals surface area (Å²) in [7, 11) is 0. The van der Waals surface area contributed by atoms with Crippen molar-refractivity contribution in [3.8, 4) is 11.5 Å². The Labute approximate surface area is 195 Å². The molecule has 0 bridgehead atoms. The molecule has 9 heteroatoms. The Kier molecular flexibility index (Phi) is 5.20. The van der Waals surface area contributed by atoms with Crippen molar-refractivity contribution < 1.29 is 13.9 Å². The number of benzene rings is 2. The lowest BCUT2D eigenvalue weighted by atomic mass is 10.0. The molecule has 6 rings (SSSR count). The number of ketones is 1. The monoisotopic (exact) mass is 456 g/mol. The maximum atomic E-state index is 13.2. The first-order valence-electron chi connectivity index (χ1n) is 11.3. The van der Waals surface area contributed by atoms with Crippen LogP contribution < -0.4 is 0 Å². The number of aromatic amines is 2. The van der Waals surface area contributed by atoms with E-state index in [1.54, 1.807) is 19.2 Å². The van der Waals surface area contributed by atoms with Gasteiger partial charge in [0.2, 0.25) is 0 Å². The van der Waals surface area contributed by atoms with Gasteiger partial charge in [-0.2, -0.15) is 5.10 Å². The Balaban J connectivity index is 1.26. The van der Waals surface area contributed by atoms with Gasteiger partial charge in [0.15, 0.2) is 23.1 Å².